The second kappa shape index (κ2) is 3.03. The van der Waals surface area contributed by atoms with Crippen molar-refractivity contribution >= 4 is 28.9 Å². The van der Waals surface area contributed by atoms with Gasteiger partial charge in [-0.1, -0.05) is 0 Å². The quantitative estimate of drug-likeness (QED) is 0.633. The van der Waals surface area contributed by atoms with Gasteiger partial charge in [0.05, 0.1) is 0 Å². The molecule has 10 heavy (non-hydrogen) atoms. The first-order chi connectivity index (χ1) is 4.61. The van der Waals surface area contributed by atoms with Crippen molar-refractivity contribution in [3.63, 3.8) is 0 Å². The molecule has 0 fully saturated rings. The van der Waals surface area contributed by atoms with Gasteiger partial charge in [-0.3, -0.25) is 0 Å². The van der Waals surface area contributed by atoms with Crippen molar-refractivity contribution < 1.29 is 0 Å². The van der Waals surface area contributed by atoms with Gasteiger partial charge in [0.2, 0.25) is 0 Å². The van der Waals surface area contributed by atoms with Gasteiger partial charge >= 0.3 is 78.5 Å². The number of hydrogen-bond acceptors (Lipinski definition) is 0. The summed E-state index contributed by atoms with van der Waals surface area (Å²) in [7, 11) is 0. The Bertz CT molecular complexity index is 228. The minimum atomic E-state index is 1.18. The zero-order valence-electron chi connectivity index (χ0n) is 6.65. The third-order valence-electron chi connectivity index (χ3n) is 1.68. The Labute approximate surface area is 78.3 Å². The maximum absolute atomic E-state index is 2.26. The average Bonchev–Trinajstić information content (AvgIpc) is 1.82. The molecule has 0 bridgehead atoms. The second-order valence-electron chi connectivity index (χ2n) is 2.77. The van der Waals surface area contributed by atoms with E-state index in [0.717, 1.165) is 0 Å². The van der Waals surface area contributed by atoms with Crippen LogP contribution in [0.5, 0.6) is 0 Å². The molecule has 0 heterocycles. The first kappa shape index (κ1) is 8.24. The van der Waals surface area contributed by atoms with Crippen LogP contribution < -0.4 is 3.12 Å². The van der Waals surface area contributed by atoms with Crippen LogP contribution in [0.25, 0.3) is 0 Å². The Morgan fingerprint density at radius 3 is 1.80 bits per heavy atom. The Morgan fingerprint density at radius 1 is 1.00 bits per heavy atom. The predicted octanol–water partition coefficient (Wildman–Crippen LogP) is 1.41. The molecule has 1 aromatic rings. The van der Waals surface area contributed by atoms with E-state index in [9.17, 15) is 0 Å². The van der Waals surface area contributed by atoms with E-state index in [4.69, 9.17) is 0 Å². The standard InChI is InChI=1S/C9H11.Pb/c1-7-4-8(2)6-9(3)5-7;/h4-5H,1-3H3;. The van der Waals surface area contributed by atoms with Crippen LogP contribution in [0.15, 0.2) is 12.1 Å². The topological polar surface area (TPSA) is 0 Å². The summed E-state index contributed by atoms with van der Waals surface area (Å²) in [5, 5.41) is 0. The van der Waals surface area contributed by atoms with Crippen molar-refractivity contribution in [2.24, 2.45) is 0 Å². The Balaban J connectivity index is 3.31. The molecule has 1 heteroatoms. The summed E-state index contributed by atoms with van der Waals surface area (Å²) in [6.45, 7) is 6.55. The van der Waals surface area contributed by atoms with E-state index < -0.39 is 0 Å². The zero-order chi connectivity index (χ0) is 7.72. The molecule has 0 amide bonds. The third kappa shape index (κ3) is 1.59. The van der Waals surface area contributed by atoms with Crippen molar-refractivity contribution in [3.05, 3.63) is 28.8 Å². The summed E-state index contributed by atoms with van der Waals surface area (Å²) in [5.41, 5.74) is 4.31. The number of rotatable bonds is 0. The van der Waals surface area contributed by atoms with Gasteiger partial charge < -0.3 is 0 Å². The van der Waals surface area contributed by atoms with Gasteiger partial charge in [0, 0.05) is 0 Å². The van der Waals surface area contributed by atoms with E-state index >= 15 is 0 Å². The normalized spacial score (nSPS) is 10.0. The molecule has 0 spiro atoms. The third-order valence-corrected chi connectivity index (χ3v) is 4.74. The Hall–Kier alpha value is 0.142. The van der Waals surface area contributed by atoms with Gasteiger partial charge in [0.1, 0.15) is 0 Å². The molecule has 0 saturated heterocycles. The van der Waals surface area contributed by atoms with Crippen molar-refractivity contribution in [1.29, 1.82) is 0 Å². The van der Waals surface area contributed by atoms with Crippen molar-refractivity contribution in [2.75, 3.05) is 0 Å². The monoisotopic (exact) mass is 327 g/mol. The summed E-state index contributed by atoms with van der Waals surface area (Å²) >= 11 is 1.18. The molecule has 0 aliphatic rings. The molecule has 0 aliphatic heterocycles. The van der Waals surface area contributed by atoms with E-state index in [2.05, 4.69) is 32.9 Å². The summed E-state index contributed by atoms with van der Waals surface area (Å²) < 4.78 is 1.56. The molecule has 0 N–H and O–H groups in total. The zero-order valence-corrected chi connectivity index (χ0v) is 10.5. The van der Waals surface area contributed by atoms with Gasteiger partial charge in [-0.05, 0) is 0 Å². The van der Waals surface area contributed by atoms with Crippen LogP contribution in [0.2, 0.25) is 0 Å². The van der Waals surface area contributed by atoms with Crippen LogP contribution in [-0.2, 0) is 0 Å². The fraction of sp³-hybridized carbons (Fsp3) is 0.333. The fourth-order valence-electron chi connectivity index (χ4n) is 1.18. The molecule has 1 rings (SSSR count). The van der Waals surface area contributed by atoms with E-state index in [0.29, 0.717) is 0 Å². The molecular weight excluding hydrogens is 315 g/mol. The minimum absolute atomic E-state index is 1.18. The van der Waals surface area contributed by atoms with Crippen molar-refractivity contribution in [3.8, 4) is 0 Å². The molecule has 0 aromatic heterocycles. The molecule has 0 atom stereocenters. The van der Waals surface area contributed by atoms with Gasteiger partial charge in [-0.25, -0.2) is 0 Å². The molecule has 0 unspecified atom stereocenters. The molecule has 0 saturated carbocycles. The Kier molecular flexibility index (Phi) is 2.50. The predicted molar refractivity (Wildman–Crippen MR) is 46.0 cm³/mol. The summed E-state index contributed by atoms with van der Waals surface area (Å²) in [5.74, 6) is 0. The molecule has 1 aromatic carbocycles. The first-order valence-corrected chi connectivity index (χ1v) is 5.35. The second-order valence-corrected chi connectivity index (χ2v) is 4.72. The summed E-state index contributed by atoms with van der Waals surface area (Å²) in [4.78, 5) is 0. The summed E-state index contributed by atoms with van der Waals surface area (Å²) in [6, 6.07) is 4.52. The Morgan fingerprint density at radius 2 is 1.40 bits per heavy atom. The summed E-state index contributed by atoms with van der Waals surface area (Å²) in [6.07, 6.45) is 0. The molecule has 51 valence electrons. The van der Waals surface area contributed by atoms with Gasteiger partial charge in [0.25, 0.3) is 0 Å². The van der Waals surface area contributed by atoms with E-state index in [1.165, 1.54) is 42.5 Å². The number of hydrogen-bond donors (Lipinski definition) is 0. The first-order valence-electron chi connectivity index (χ1n) is 3.40. The van der Waals surface area contributed by atoms with Crippen LogP contribution in [0.4, 0.5) is 0 Å². The van der Waals surface area contributed by atoms with Crippen molar-refractivity contribution in [1.82, 2.24) is 0 Å². The molecule has 0 nitrogen and oxygen atoms in total. The van der Waals surface area contributed by atoms with Gasteiger partial charge in [-0.2, -0.15) is 0 Å². The molecule has 3 radical (unpaired) electrons. The van der Waals surface area contributed by atoms with Gasteiger partial charge in [0.15, 0.2) is 0 Å². The number of benzene rings is 1. The van der Waals surface area contributed by atoms with E-state index in [1.54, 1.807) is 3.12 Å². The van der Waals surface area contributed by atoms with Crippen LogP contribution in [0.3, 0.4) is 0 Å². The van der Waals surface area contributed by atoms with Crippen LogP contribution >= 0.6 is 0 Å². The van der Waals surface area contributed by atoms with Gasteiger partial charge in [-0.15, -0.1) is 0 Å². The molecular formula is C9H11Pb. The van der Waals surface area contributed by atoms with Crippen LogP contribution in [-0.4, -0.2) is 25.8 Å². The molecule has 0 aliphatic carbocycles. The van der Waals surface area contributed by atoms with Crippen molar-refractivity contribution in [2.45, 2.75) is 20.8 Å². The van der Waals surface area contributed by atoms with Crippen LogP contribution in [0, 0.1) is 20.8 Å². The SMILES string of the molecule is Cc1cc(C)[c]([Pb])c(C)c1. The average molecular weight is 326 g/mol. The van der Waals surface area contributed by atoms with E-state index in [-0.39, 0.29) is 0 Å². The maximum atomic E-state index is 2.26. The number of aryl methyl sites for hydroxylation is 3. The van der Waals surface area contributed by atoms with Crippen LogP contribution in [0.1, 0.15) is 16.7 Å². The van der Waals surface area contributed by atoms with E-state index in [1.807, 2.05) is 0 Å². The fourth-order valence-corrected chi connectivity index (χ4v) is 1.74.